The number of ether oxygens (including phenoxy) is 3. The molecule has 3 aromatic carbocycles. The standard InChI is InChI=1S/C28H23FINO5S/c1-3-35-28(33)24-25(32)23(37-27(24)31-19-10-5-4-6-11-19)15-17-13-21(30)26(22(14-17)34-2)36-16-18-9-7-8-12-20(18)29/h4-15,32H,3,16H2,1-2H3/b23-15-,31-27?. The predicted molar refractivity (Wildman–Crippen MR) is 152 cm³/mol. The van der Waals surface area contributed by atoms with Gasteiger partial charge >= 0.3 is 5.97 Å². The van der Waals surface area contributed by atoms with Gasteiger partial charge < -0.3 is 19.3 Å². The average Bonchev–Trinajstić information content (AvgIpc) is 3.18. The van der Waals surface area contributed by atoms with E-state index in [1.165, 1.54) is 24.9 Å². The van der Waals surface area contributed by atoms with Gasteiger partial charge in [0.05, 0.1) is 27.9 Å². The molecular formula is C28H23FINO5S. The SMILES string of the molecule is CCOC(=O)C1=C(O)/C(=C/c2cc(I)c(OCc3ccccc3F)c(OC)c2)SC1=Nc1ccccc1. The van der Waals surface area contributed by atoms with Gasteiger partial charge in [-0.05, 0) is 71.5 Å². The molecule has 0 bridgehead atoms. The maximum atomic E-state index is 14.0. The molecule has 0 aromatic heterocycles. The second kappa shape index (κ2) is 12.3. The minimum atomic E-state index is -0.644. The largest absolute Gasteiger partial charge is 0.506 e. The number of para-hydroxylation sites is 1. The number of methoxy groups -OCH3 is 1. The van der Waals surface area contributed by atoms with Gasteiger partial charge in [0, 0.05) is 5.56 Å². The van der Waals surface area contributed by atoms with Crippen LogP contribution < -0.4 is 9.47 Å². The molecule has 0 aliphatic carbocycles. The van der Waals surface area contributed by atoms with Gasteiger partial charge in [-0.15, -0.1) is 0 Å². The number of nitrogens with zero attached hydrogens (tertiary/aromatic N) is 1. The fourth-order valence-electron chi connectivity index (χ4n) is 3.49. The maximum absolute atomic E-state index is 14.0. The van der Waals surface area contributed by atoms with Crippen molar-refractivity contribution in [3.8, 4) is 11.5 Å². The van der Waals surface area contributed by atoms with Crippen LogP contribution in [-0.2, 0) is 16.1 Å². The van der Waals surface area contributed by atoms with Gasteiger partial charge in [0.2, 0.25) is 0 Å². The molecule has 0 saturated heterocycles. The van der Waals surface area contributed by atoms with E-state index in [0.29, 0.717) is 38.3 Å². The number of aliphatic hydroxyl groups excluding tert-OH is 1. The topological polar surface area (TPSA) is 77.4 Å². The zero-order valence-electron chi connectivity index (χ0n) is 20.0. The van der Waals surface area contributed by atoms with E-state index in [4.69, 9.17) is 14.2 Å². The molecule has 0 radical (unpaired) electrons. The van der Waals surface area contributed by atoms with E-state index in [-0.39, 0.29) is 30.4 Å². The van der Waals surface area contributed by atoms with Crippen LogP contribution in [0.25, 0.3) is 6.08 Å². The van der Waals surface area contributed by atoms with Crippen LogP contribution in [0, 0.1) is 9.39 Å². The maximum Gasteiger partial charge on any atom is 0.344 e. The highest BCUT2D eigenvalue weighted by atomic mass is 127. The number of rotatable bonds is 8. The van der Waals surface area contributed by atoms with Crippen molar-refractivity contribution in [2.24, 2.45) is 4.99 Å². The summed E-state index contributed by atoms with van der Waals surface area (Å²) < 4.78 is 31.3. The molecule has 6 nitrogen and oxygen atoms in total. The van der Waals surface area contributed by atoms with Crippen LogP contribution in [0.2, 0.25) is 0 Å². The number of hydrogen-bond acceptors (Lipinski definition) is 7. The summed E-state index contributed by atoms with van der Waals surface area (Å²) in [5.74, 6) is -0.262. The first kappa shape index (κ1) is 26.7. The lowest BCUT2D eigenvalue weighted by molar-refractivity contribution is -0.138. The number of hydrogen-bond donors (Lipinski definition) is 1. The van der Waals surface area contributed by atoms with Crippen LogP contribution in [0.3, 0.4) is 0 Å². The minimum Gasteiger partial charge on any atom is -0.506 e. The van der Waals surface area contributed by atoms with Gasteiger partial charge in [-0.3, -0.25) is 0 Å². The average molecular weight is 631 g/mol. The quantitative estimate of drug-likeness (QED) is 0.209. The van der Waals surface area contributed by atoms with Gasteiger partial charge in [-0.25, -0.2) is 14.2 Å². The number of aliphatic imine (C=N–C) groups is 1. The first-order valence-electron chi connectivity index (χ1n) is 11.3. The predicted octanol–water partition coefficient (Wildman–Crippen LogP) is 7.21. The zero-order chi connectivity index (χ0) is 26.4. The smallest absolute Gasteiger partial charge is 0.344 e. The Balaban J connectivity index is 1.67. The molecule has 0 spiro atoms. The van der Waals surface area contributed by atoms with Crippen LogP contribution in [0.4, 0.5) is 10.1 Å². The molecule has 3 aromatic rings. The van der Waals surface area contributed by atoms with Gasteiger partial charge in [-0.1, -0.05) is 48.2 Å². The fourth-order valence-corrected chi connectivity index (χ4v) is 5.31. The van der Waals surface area contributed by atoms with Gasteiger partial charge in [-0.2, -0.15) is 0 Å². The third kappa shape index (κ3) is 6.34. The summed E-state index contributed by atoms with van der Waals surface area (Å²) in [5, 5.41) is 11.3. The zero-order valence-corrected chi connectivity index (χ0v) is 23.0. The number of carbonyl (C=O) groups excluding carboxylic acids is 1. The number of halogens is 2. The molecule has 1 aliphatic rings. The van der Waals surface area contributed by atoms with Crippen molar-refractivity contribution in [1.82, 2.24) is 0 Å². The summed E-state index contributed by atoms with van der Waals surface area (Å²) in [4.78, 5) is 17.6. The number of benzene rings is 3. The Hall–Kier alpha value is -3.31. The van der Waals surface area contributed by atoms with E-state index < -0.39 is 5.97 Å². The third-order valence-corrected chi connectivity index (χ3v) is 7.06. The summed E-state index contributed by atoms with van der Waals surface area (Å²) in [6, 6.07) is 19.2. The highest BCUT2D eigenvalue weighted by Crippen LogP contribution is 2.42. The van der Waals surface area contributed by atoms with Gasteiger partial charge in [0.1, 0.15) is 28.8 Å². The second-order valence-electron chi connectivity index (χ2n) is 7.72. The Morgan fingerprint density at radius 2 is 1.86 bits per heavy atom. The Bertz CT molecular complexity index is 1400. The first-order valence-corrected chi connectivity index (χ1v) is 13.2. The van der Waals surface area contributed by atoms with Crippen molar-refractivity contribution >= 4 is 57.1 Å². The van der Waals surface area contributed by atoms with Crippen molar-refractivity contribution in [2.75, 3.05) is 13.7 Å². The molecule has 1 heterocycles. The Labute approximate surface area is 232 Å². The van der Waals surface area contributed by atoms with E-state index in [9.17, 15) is 14.3 Å². The molecule has 0 fully saturated rings. The van der Waals surface area contributed by atoms with Crippen LogP contribution in [0.15, 0.2) is 88.0 Å². The molecule has 0 saturated carbocycles. The molecule has 0 unspecified atom stereocenters. The minimum absolute atomic E-state index is 0.0217. The van der Waals surface area contributed by atoms with Crippen molar-refractivity contribution in [1.29, 1.82) is 0 Å². The first-order chi connectivity index (χ1) is 17.9. The van der Waals surface area contributed by atoms with E-state index in [2.05, 4.69) is 27.6 Å². The van der Waals surface area contributed by atoms with Crippen molar-refractivity contribution in [3.05, 3.63) is 103 Å². The Kier molecular flexibility index (Phi) is 8.88. The fraction of sp³-hybridized carbons (Fsp3) is 0.143. The lowest BCUT2D eigenvalue weighted by atomic mass is 10.1. The molecule has 190 valence electrons. The highest BCUT2D eigenvalue weighted by molar-refractivity contribution is 14.1. The Morgan fingerprint density at radius 3 is 2.57 bits per heavy atom. The Morgan fingerprint density at radius 1 is 1.14 bits per heavy atom. The molecular weight excluding hydrogens is 608 g/mol. The molecule has 37 heavy (non-hydrogen) atoms. The van der Waals surface area contributed by atoms with E-state index in [0.717, 1.165) is 3.57 Å². The second-order valence-corrected chi connectivity index (χ2v) is 9.91. The summed E-state index contributed by atoms with van der Waals surface area (Å²) >= 11 is 3.29. The molecule has 0 amide bonds. The van der Waals surface area contributed by atoms with E-state index >= 15 is 0 Å². The molecule has 4 rings (SSSR count). The number of carbonyl (C=O) groups is 1. The van der Waals surface area contributed by atoms with Crippen LogP contribution in [-0.4, -0.2) is 29.8 Å². The monoisotopic (exact) mass is 631 g/mol. The van der Waals surface area contributed by atoms with E-state index in [1.54, 1.807) is 37.3 Å². The van der Waals surface area contributed by atoms with Crippen LogP contribution >= 0.6 is 34.4 Å². The van der Waals surface area contributed by atoms with Crippen molar-refractivity contribution < 1.29 is 28.5 Å². The van der Waals surface area contributed by atoms with Gasteiger partial charge in [0.25, 0.3) is 0 Å². The summed E-state index contributed by atoms with van der Waals surface area (Å²) in [6.45, 7) is 1.91. The number of aliphatic hydroxyl groups is 1. The van der Waals surface area contributed by atoms with E-state index in [1.807, 2.05) is 36.4 Å². The van der Waals surface area contributed by atoms with Crippen molar-refractivity contribution in [2.45, 2.75) is 13.5 Å². The lowest BCUT2D eigenvalue weighted by Gasteiger charge is -2.14. The number of thioether (sulfide) groups is 1. The molecule has 0 atom stereocenters. The third-order valence-electron chi connectivity index (χ3n) is 5.24. The lowest BCUT2D eigenvalue weighted by Crippen LogP contribution is -2.12. The van der Waals surface area contributed by atoms with Crippen LogP contribution in [0.1, 0.15) is 18.1 Å². The van der Waals surface area contributed by atoms with Crippen molar-refractivity contribution in [3.63, 3.8) is 0 Å². The van der Waals surface area contributed by atoms with Gasteiger partial charge in [0.15, 0.2) is 11.5 Å². The normalized spacial score (nSPS) is 15.4. The number of esters is 1. The molecule has 9 heteroatoms. The van der Waals surface area contributed by atoms with Crippen LogP contribution in [0.5, 0.6) is 11.5 Å². The summed E-state index contributed by atoms with van der Waals surface area (Å²) in [6.07, 6.45) is 1.73. The summed E-state index contributed by atoms with van der Waals surface area (Å²) in [7, 11) is 1.52. The highest BCUT2D eigenvalue weighted by Gasteiger charge is 2.33. The molecule has 1 aliphatic heterocycles. The molecule has 1 N–H and O–H groups in total. The summed E-state index contributed by atoms with van der Waals surface area (Å²) in [5.41, 5.74) is 1.81.